The Labute approximate surface area is 194 Å². The van der Waals surface area contributed by atoms with Gasteiger partial charge in [0.2, 0.25) is 11.8 Å². The van der Waals surface area contributed by atoms with E-state index in [1.54, 1.807) is 42.2 Å². The highest BCUT2D eigenvalue weighted by Crippen LogP contribution is 2.17. The van der Waals surface area contributed by atoms with Crippen molar-refractivity contribution in [2.75, 3.05) is 13.2 Å². The molecule has 0 bridgehead atoms. The molecule has 2 rings (SSSR count). The summed E-state index contributed by atoms with van der Waals surface area (Å²) in [5, 5.41) is 4.16. The van der Waals surface area contributed by atoms with Crippen LogP contribution in [0.15, 0.2) is 48.5 Å². The van der Waals surface area contributed by atoms with E-state index >= 15 is 0 Å². The lowest BCUT2D eigenvalue weighted by molar-refractivity contribution is -0.140. The summed E-state index contributed by atoms with van der Waals surface area (Å²) in [7, 11) is 0. The van der Waals surface area contributed by atoms with Crippen LogP contribution in [-0.2, 0) is 16.1 Å². The van der Waals surface area contributed by atoms with Crippen LogP contribution >= 0.6 is 23.2 Å². The van der Waals surface area contributed by atoms with E-state index in [1.165, 1.54) is 0 Å². The van der Waals surface area contributed by atoms with Gasteiger partial charge in [-0.3, -0.25) is 9.59 Å². The van der Waals surface area contributed by atoms with Crippen LogP contribution in [0, 0.1) is 0 Å². The maximum absolute atomic E-state index is 13.0. The Balaban J connectivity index is 1.97. The van der Waals surface area contributed by atoms with Crippen LogP contribution in [0.1, 0.15) is 45.1 Å². The molecule has 31 heavy (non-hydrogen) atoms. The molecular formula is C24H30Cl2N2O3. The number of carbonyl (C=O) groups is 2. The number of amides is 2. The standard InChI is InChI=1S/C24H30Cl2N2O3/c1-3-4-14-27-24(30)18(2)28(17-19-7-5-8-21(26)16-19)23(29)9-6-15-31-22-12-10-20(25)11-13-22/h5,7-8,10-13,16,18H,3-4,6,9,14-15,17H2,1-2H3,(H,27,30). The number of hydrogen-bond acceptors (Lipinski definition) is 3. The summed E-state index contributed by atoms with van der Waals surface area (Å²) in [4.78, 5) is 27.2. The third kappa shape index (κ3) is 8.80. The van der Waals surface area contributed by atoms with Gasteiger partial charge in [-0.2, -0.15) is 0 Å². The van der Waals surface area contributed by atoms with Gasteiger partial charge in [0.15, 0.2) is 0 Å². The third-order valence-corrected chi connectivity index (χ3v) is 5.34. The average molecular weight is 465 g/mol. The molecule has 0 aliphatic carbocycles. The Morgan fingerprint density at radius 1 is 1.06 bits per heavy atom. The number of nitrogens with zero attached hydrogens (tertiary/aromatic N) is 1. The molecule has 0 aliphatic heterocycles. The van der Waals surface area contributed by atoms with Crippen LogP contribution in [0.4, 0.5) is 0 Å². The predicted octanol–water partition coefficient (Wildman–Crippen LogP) is 5.49. The predicted molar refractivity (Wildman–Crippen MR) is 126 cm³/mol. The van der Waals surface area contributed by atoms with E-state index < -0.39 is 6.04 Å². The summed E-state index contributed by atoms with van der Waals surface area (Å²) < 4.78 is 5.67. The van der Waals surface area contributed by atoms with E-state index in [4.69, 9.17) is 27.9 Å². The van der Waals surface area contributed by atoms with Crippen molar-refractivity contribution in [3.05, 3.63) is 64.1 Å². The summed E-state index contributed by atoms with van der Waals surface area (Å²) >= 11 is 12.0. The van der Waals surface area contributed by atoms with E-state index in [9.17, 15) is 9.59 Å². The maximum atomic E-state index is 13.0. The minimum absolute atomic E-state index is 0.0992. The number of carbonyl (C=O) groups excluding carboxylic acids is 2. The smallest absolute Gasteiger partial charge is 0.242 e. The van der Waals surface area contributed by atoms with Gasteiger partial charge in [0.05, 0.1) is 6.61 Å². The van der Waals surface area contributed by atoms with Crippen molar-refractivity contribution in [1.82, 2.24) is 10.2 Å². The molecule has 2 amide bonds. The second kappa shape index (κ2) is 13.2. The van der Waals surface area contributed by atoms with E-state index in [-0.39, 0.29) is 18.2 Å². The zero-order valence-electron chi connectivity index (χ0n) is 18.1. The fraction of sp³-hybridized carbons (Fsp3) is 0.417. The van der Waals surface area contributed by atoms with Crippen molar-refractivity contribution in [3.8, 4) is 5.75 Å². The molecule has 1 unspecified atom stereocenters. The zero-order chi connectivity index (χ0) is 22.6. The Morgan fingerprint density at radius 3 is 2.48 bits per heavy atom. The van der Waals surface area contributed by atoms with Crippen LogP contribution in [0.2, 0.25) is 10.0 Å². The Morgan fingerprint density at radius 2 is 1.81 bits per heavy atom. The fourth-order valence-electron chi connectivity index (χ4n) is 3.04. The lowest BCUT2D eigenvalue weighted by atomic mass is 10.1. The van der Waals surface area contributed by atoms with Crippen molar-refractivity contribution in [2.45, 2.75) is 52.1 Å². The van der Waals surface area contributed by atoms with Crippen LogP contribution in [0.5, 0.6) is 5.75 Å². The molecule has 1 atom stereocenters. The molecule has 0 spiro atoms. The van der Waals surface area contributed by atoms with Gasteiger partial charge >= 0.3 is 0 Å². The van der Waals surface area contributed by atoms with Crippen molar-refractivity contribution in [3.63, 3.8) is 0 Å². The first-order chi connectivity index (χ1) is 14.9. The van der Waals surface area contributed by atoms with Gasteiger partial charge in [0.25, 0.3) is 0 Å². The highest BCUT2D eigenvalue weighted by Gasteiger charge is 2.25. The molecule has 0 aliphatic rings. The average Bonchev–Trinajstić information content (AvgIpc) is 2.76. The number of halogens is 2. The minimum atomic E-state index is -0.583. The van der Waals surface area contributed by atoms with Gasteiger partial charge in [-0.25, -0.2) is 0 Å². The van der Waals surface area contributed by atoms with Gasteiger partial charge in [0, 0.05) is 29.6 Å². The fourth-order valence-corrected chi connectivity index (χ4v) is 3.38. The zero-order valence-corrected chi connectivity index (χ0v) is 19.6. The molecule has 1 N–H and O–H groups in total. The normalized spacial score (nSPS) is 11.6. The number of hydrogen-bond donors (Lipinski definition) is 1. The molecule has 0 saturated heterocycles. The van der Waals surface area contributed by atoms with Gasteiger partial charge < -0.3 is 15.0 Å². The third-order valence-electron chi connectivity index (χ3n) is 4.86. The molecule has 0 saturated carbocycles. The van der Waals surface area contributed by atoms with Crippen molar-refractivity contribution >= 4 is 35.0 Å². The van der Waals surface area contributed by atoms with E-state index in [0.29, 0.717) is 41.9 Å². The summed E-state index contributed by atoms with van der Waals surface area (Å²) in [6, 6.07) is 13.8. The van der Waals surface area contributed by atoms with Gasteiger partial charge in [-0.05, 0) is 61.7 Å². The Bertz CT molecular complexity index is 843. The second-order valence-corrected chi connectivity index (χ2v) is 8.25. The Kier molecular flexibility index (Phi) is 10.7. The molecule has 7 heteroatoms. The van der Waals surface area contributed by atoms with E-state index in [1.807, 2.05) is 18.2 Å². The molecule has 2 aromatic carbocycles. The highest BCUT2D eigenvalue weighted by atomic mass is 35.5. The number of rotatable bonds is 12. The lowest BCUT2D eigenvalue weighted by Gasteiger charge is -2.29. The second-order valence-electron chi connectivity index (χ2n) is 7.38. The first-order valence-electron chi connectivity index (χ1n) is 10.6. The molecular weight excluding hydrogens is 435 g/mol. The van der Waals surface area contributed by atoms with Gasteiger partial charge in [-0.15, -0.1) is 0 Å². The lowest BCUT2D eigenvalue weighted by Crippen LogP contribution is -2.47. The van der Waals surface area contributed by atoms with Crippen LogP contribution < -0.4 is 10.1 Å². The molecule has 0 fully saturated rings. The summed E-state index contributed by atoms with van der Waals surface area (Å²) in [6.07, 6.45) is 2.72. The summed E-state index contributed by atoms with van der Waals surface area (Å²) in [5.41, 5.74) is 0.881. The summed E-state index contributed by atoms with van der Waals surface area (Å²) in [6.45, 7) is 5.15. The van der Waals surface area contributed by atoms with Crippen molar-refractivity contribution < 1.29 is 14.3 Å². The molecule has 168 valence electrons. The van der Waals surface area contributed by atoms with Crippen LogP contribution in [-0.4, -0.2) is 35.9 Å². The highest BCUT2D eigenvalue weighted by molar-refractivity contribution is 6.30. The molecule has 5 nitrogen and oxygen atoms in total. The van der Waals surface area contributed by atoms with Gasteiger partial charge in [-0.1, -0.05) is 48.7 Å². The maximum Gasteiger partial charge on any atom is 0.242 e. The largest absolute Gasteiger partial charge is 0.494 e. The number of benzene rings is 2. The number of unbranched alkanes of at least 4 members (excludes halogenated alkanes) is 1. The molecule has 0 heterocycles. The quantitative estimate of drug-likeness (QED) is 0.422. The Hall–Kier alpha value is -2.24. The van der Waals surface area contributed by atoms with E-state index in [2.05, 4.69) is 12.2 Å². The minimum Gasteiger partial charge on any atom is -0.494 e. The first-order valence-corrected chi connectivity index (χ1v) is 11.4. The summed E-state index contributed by atoms with van der Waals surface area (Å²) in [5.74, 6) is 0.454. The first kappa shape index (κ1) is 25.0. The van der Waals surface area contributed by atoms with Crippen molar-refractivity contribution in [1.29, 1.82) is 0 Å². The SMILES string of the molecule is CCCCNC(=O)C(C)N(Cc1cccc(Cl)c1)C(=O)CCCOc1ccc(Cl)cc1. The van der Waals surface area contributed by atoms with Crippen LogP contribution in [0.25, 0.3) is 0 Å². The monoisotopic (exact) mass is 464 g/mol. The van der Waals surface area contributed by atoms with E-state index in [0.717, 1.165) is 18.4 Å². The van der Waals surface area contributed by atoms with Gasteiger partial charge in [0.1, 0.15) is 11.8 Å². The van der Waals surface area contributed by atoms with Crippen LogP contribution in [0.3, 0.4) is 0 Å². The number of nitrogens with one attached hydrogen (secondary N) is 1. The molecule has 2 aromatic rings. The number of ether oxygens (including phenoxy) is 1. The molecule has 0 radical (unpaired) electrons. The van der Waals surface area contributed by atoms with Crippen molar-refractivity contribution in [2.24, 2.45) is 0 Å². The topological polar surface area (TPSA) is 58.6 Å². The molecule has 0 aromatic heterocycles.